The number of anilines is 1. The molecular weight excluding hydrogens is 510 g/mol. The summed E-state index contributed by atoms with van der Waals surface area (Å²) in [6.45, 7) is 0. The Hall–Kier alpha value is -3.15. The number of oxazole rings is 1. The van der Waals surface area contributed by atoms with Crippen molar-refractivity contribution in [3.63, 3.8) is 0 Å². The van der Waals surface area contributed by atoms with Crippen molar-refractivity contribution in [2.45, 2.75) is 4.90 Å². The van der Waals surface area contributed by atoms with Crippen LogP contribution >= 0.6 is 27.5 Å². The lowest BCUT2D eigenvalue weighted by Gasteiger charge is -2.11. The molecule has 0 bridgehead atoms. The standard InChI is InChI=1S/C19H11BrClN5O4S/c20-11-8-14-16(30-19(27)25-14)15(21)17(11)31(28,29)26-10-1-2-12-13(7-10)24-18(23-12)9-3-5-22-6-4-9/h1-8,26H,(H,23,24)(H,25,27). The molecule has 0 fully saturated rings. The molecule has 0 radical (unpaired) electrons. The van der Waals surface area contributed by atoms with Gasteiger partial charge in [-0.15, -0.1) is 0 Å². The molecule has 12 heteroatoms. The third-order valence-electron chi connectivity index (χ3n) is 4.52. The maximum atomic E-state index is 13.1. The number of nitrogens with zero attached hydrogens (tertiary/aromatic N) is 2. The van der Waals surface area contributed by atoms with Crippen molar-refractivity contribution in [3.05, 3.63) is 68.8 Å². The number of halogens is 2. The molecule has 0 amide bonds. The minimum absolute atomic E-state index is 0.0405. The molecule has 0 saturated carbocycles. The molecule has 0 aliphatic heterocycles. The van der Waals surface area contributed by atoms with E-state index in [0.29, 0.717) is 22.5 Å². The molecule has 2 aromatic carbocycles. The summed E-state index contributed by atoms with van der Waals surface area (Å²) in [6.07, 6.45) is 3.32. The summed E-state index contributed by atoms with van der Waals surface area (Å²) in [4.78, 5) is 25.3. The third kappa shape index (κ3) is 3.50. The number of aromatic amines is 2. The molecule has 0 saturated heterocycles. The molecule has 0 aliphatic rings. The van der Waals surface area contributed by atoms with Gasteiger partial charge in [-0.25, -0.2) is 18.2 Å². The molecule has 3 aromatic heterocycles. The summed E-state index contributed by atoms with van der Waals surface area (Å²) < 4.78 is 33.8. The highest BCUT2D eigenvalue weighted by Gasteiger charge is 2.26. The van der Waals surface area contributed by atoms with Crippen LogP contribution in [-0.4, -0.2) is 28.4 Å². The first-order chi connectivity index (χ1) is 14.8. The van der Waals surface area contributed by atoms with E-state index >= 15 is 0 Å². The number of aromatic nitrogens is 4. The average Bonchev–Trinajstić information content (AvgIpc) is 3.30. The van der Waals surface area contributed by atoms with E-state index in [1.54, 1.807) is 30.6 Å². The molecule has 3 heterocycles. The number of sulfonamides is 1. The number of fused-ring (bicyclic) bond motifs is 2. The first kappa shape index (κ1) is 19.8. The summed E-state index contributed by atoms with van der Waals surface area (Å²) in [5, 5.41) is -0.210. The van der Waals surface area contributed by atoms with Crippen molar-refractivity contribution >= 4 is 65.4 Å². The molecule has 156 valence electrons. The fraction of sp³-hybridized carbons (Fsp3) is 0. The second-order valence-electron chi connectivity index (χ2n) is 6.55. The molecular formula is C19H11BrClN5O4S. The zero-order chi connectivity index (χ0) is 21.8. The predicted octanol–water partition coefficient (Wildman–Crippen LogP) is 4.28. The van der Waals surface area contributed by atoms with Crippen LogP contribution in [0.5, 0.6) is 0 Å². The number of rotatable bonds is 4. The van der Waals surface area contributed by atoms with E-state index in [9.17, 15) is 13.2 Å². The van der Waals surface area contributed by atoms with Crippen molar-refractivity contribution in [3.8, 4) is 11.4 Å². The molecule has 0 unspecified atom stereocenters. The van der Waals surface area contributed by atoms with Crippen LogP contribution in [0.15, 0.2) is 67.4 Å². The fourth-order valence-electron chi connectivity index (χ4n) is 3.18. The third-order valence-corrected chi connectivity index (χ3v) is 7.35. The highest BCUT2D eigenvalue weighted by atomic mass is 79.9. The van der Waals surface area contributed by atoms with Gasteiger partial charge in [0.1, 0.15) is 15.7 Å². The minimum atomic E-state index is -4.12. The smallest absolute Gasteiger partial charge is 0.406 e. The zero-order valence-corrected chi connectivity index (χ0v) is 18.5. The van der Waals surface area contributed by atoms with Gasteiger partial charge in [0.15, 0.2) is 5.58 Å². The number of imidazole rings is 1. The summed E-state index contributed by atoms with van der Waals surface area (Å²) in [7, 11) is -4.12. The zero-order valence-electron chi connectivity index (χ0n) is 15.3. The van der Waals surface area contributed by atoms with E-state index in [1.807, 2.05) is 12.1 Å². The lowest BCUT2D eigenvalue weighted by atomic mass is 10.2. The van der Waals surface area contributed by atoms with Gasteiger partial charge in [-0.05, 0) is 52.3 Å². The van der Waals surface area contributed by atoms with Crippen molar-refractivity contribution in [2.24, 2.45) is 0 Å². The van der Waals surface area contributed by atoms with Crippen LogP contribution in [0.3, 0.4) is 0 Å². The van der Waals surface area contributed by atoms with Crippen molar-refractivity contribution in [1.82, 2.24) is 19.9 Å². The Bertz CT molecular complexity index is 1630. The summed E-state index contributed by atoms with van der Waals surface area (Å²) >= 11 is 9.46. The topological polar surface area (TPSA) is 134 Å². The Morgan fingerprint density at radius 1 is 1.06 bits per heavy atom. The number of pyridine rings is 1. The second kappa shape index (κ2) is 7.22. The molecule has 0 aliphatic carbocycles. The van der Waals surface area contributed by atoms with E-state index < -0.39 is 15.8 Å². The Balaban J connectivity index is 1.54. The van der Waals surface area contributed by atoms with E-state index in [1.165, 1.54) is 6.07 Å². The SMILES string of the molecule is O=c1[nH]c2cc(Br)c(S(=O)(=O)Nc3ccc4nc(-c5ccncc5)[nH]c4c3)c(Cl)c2o1. The Morgan fingerprint density at radius 3 is 2.61 bits per heavy atom. The van der Waals surface area contributed by atoms with Crippen LogP contribution in [0, 0.1) is 0 Å². The lowest BCUT2D eigenvalue weighted by Crippen LogP contribution is -2.14. The van der Waals surface area contributed by atoms with Gasteiger partial charge in [-0.2, -0.15) is 0 Å². The normalized spacial score (nSPS) is 11.9. The number of hydrogen-bond acceptors (Lipinski definition) is 6. The van der Waals surface area contributed by atoms with Gasteiger partial charge in [-0.1, -0.05) is 11.6 Å². The number of nitrogens with one attached hydrogen (secondary N) is 3. The predicted molar refractivity (Wildman–Crippen MR) is 120 cm³/mol. The molecule has 5 rings (SSSR count). The van der Waals surface area contributed by atoms with Crippen molar-refractivity contribution in [2.75, 3.05) is 4.72 Å². The Morgan fingerprint density at radius 2 is 1.84 bits per heavy atom. The largest absolute Gasteiger partial charge is 0.417 e. The Kier molecular flexibility index (Phi) is 4.61. The summed E-state index contributed by atoms with van der Waals surface area (Å²) in [5.74, 6) is -0.0999. The van der Waals surface area contributed by atoms with Crippen LogP contribution in [0.2, 0.25) is 5.02 Å². The second-order valence-corrected chi connectivity index (χ2v) is 9.40. The molecule has 0 spiro atoms. The van der Waals surface area contributed by atoms with Crippen LogP contribution in [-0.2, 0) is 10.0 Å². The summed E-state index contributed by atoms with van der Waals surface area (Å²) in [5.41, 5.74) is 2.71. The lowest BCUT2D eigenvalue weighted by molar-refractivity contribution is 0.554. The van der Waals surface area contributed by atoms with Gasteiger partial charge in [0.2, 0.25) is 0 Å². The molecule has 5 aromatic rings. The highest BCUT2D eigenvalue weighted by Crippen LogP contribution is 2.36. The minimum Gasteiger partial charge on any atom is -0.406 e. The van der Waals surface area contributed by atoms with Gasteiger partial charge < -0.3 is 9.40 Å². The molecule has 9 nitrogen and oxygen atoms in total. The van der Waals surface area contributed by atoms with E-state index in [0.717, 1.165) is 5.56 Å². The van der Waals surface area contributed by atoms with E-state index in [2.05, 4.69) is 40.6 Å². The first-order valence-electron chi connectivity index (χ1n) is 8.75. The van der Waals surface area contributed by atoms with Gasteiger partial charge in [0.05, 0.1) is 22.2 Å². The van der Waals surface area contributed by atoms with E-state index in [-0.39, 0.29) is 25.5 Å². The highest BCUT2D eigenvalue weighted by molar-refractivity contribution is 9.10. The van der Waals surface area contributed by atoms with Gasteiger partial charge in [0.25, 0.3) is 10.0 Å². The quantitative estimate of drug-likeness (QED) is 0.324. The molecule has 3 N–H and O–H groups in total. The molecule has 0 atom stereocenters. The van der Waals surface area contributed by atoms with Crippen LogP contribution in [0.4, 0.5) is 5.69 Å². The van der Waals surface area contributed by atoms with Gasteiger partial charge in [0, 0.05) is 22.4 Å². The van der Waals surface area contributed by atoms with Crippen molar-refractivity contribution in [1.29, 1.82) is 0 Å². The Labute approximate surface area is 187 Å². The van der Waals surface area contributed by atoms with Gasteiger partial charge in [-0.3, -0.25) is 14.7 Å². The summed E-state index contributed by atoms with van der Waals surface area (Å²) in [6, 6.07) is 9.96. The van der Waals surface area contributed by atoms with Crippen LogP contribution in [0.25, 0.3) is 33.5 Å². The van der Waals surface area contributed by atoms with Crippen LogP contribution in [0.1, 0.15) is 0 Å². The average molecular weight is 521 g/mol. The number of hydrogen-bond donors (Lipinski definition) is 3. The van der Waals surface area contributed by atoms with Gasteiger partial charge >= 0.3 is 5.76 Å². The van der Waals surface area contributed by atoms with E-state index in [4.69, 9.17) is 16.0 Å². The maximum absolute atomic E-state index is 13.1. The number of benzene rings is 2. The van der Waals surface area contributed by atoms with Crippen LogP contribution < -0.4 is 10.5 Å². The maximum Gasteiger partial charge on any atom is 0.417 e. The first-order valence-corrected chi connectivity index (χ1v) is 11.4. The number of H-pyrrole nitrogens is 2. The fourth-order valence-corrected chi connectivity index (χ4v) is 6.09. The van der Waals surface area contributed by atoms with Crippen molar-refractivity contribution < 1.29 is 12.8 Å². The monoisotopic (exact) mass is 519 g/mol. The molecule has 31 heavy (non-hydrogen) atoms.